The molecule has 2 rings (SSSR count). The van der Waals surface area contributed by atoms with E-state index in [2.05, 4.69) is 28.2 Å². The first-order valence-corrected chi connectivity index (χ1v) is 9.22. The molecule has 1 aliphatic heterocycles. The van der Waals surface area contributed by atoms with Crippen LogP contribution in [0.3, 0.4) is 0 Å². The summed E-state index contributed by atoms with van der Waals surface area (Å²) in [4.78, 5) is 13.4. The monoisotopic (exact) mass is 389 g/mol. The van der Waals surface area contributed by atoms with Gasteiger partial charge in [0.05, 0.1) is 11.1 Å². The number of nitrogens with one attached hydrogen (secondary N) is 1. The van der Waals surface area contributed by atoms with Gasteiger partial charge >= 0.3 is 5.97 Å². The molecule has 1 aromatic rings. The van der Waals surface area contributed by atoms with Crippen LogP contribution in [0, 0.1) is 0 Å². The van der Waals surface area contributed by atoms with Crippen molar-refractivity contribution in [1.82, 2.24) is 5.32 Å². The zero-order valence-electron chi connectivity index (χ0n) is 15.5. The van der Waals surface area contributed by atoms with Crippen LogP contribution in [0.1, 0.15) is 29.3 Å². The number of hydrogen-bond donors (Lipinski definition) is 4. The lowest BCUT2D eigenvalue weighted by atomic mass is 10.0. The number of carbonyl (C=O) groups is 1. The van der Waals surface area contributed by atoms with E-state index in [0.717, 1.165) is 49.2 Å². The molecule has 0 saturated heterocycles. The van der Waals surface area contributed by atoms with Crippen molar-refractivity contribution in [1.29, 1.82) is 0 Å². The predicted octanol–water partition coefficient (Wildman–Crippen LogP) is 3.16. The normalized spacial score (nSPS) is 18.9. The van der Waals surface area contributed by atoms with Crippen molar-refractivity contribution in [3.8, 4) is 0 Å². The minimum Gasteiger partial charge on any atom is -0.508 e. The first-order chi connectivity index (χ1) is 13.0. The van der Waals surface area contributed by atoms with Crippen LogP contribution in [-0.4, -0.2) is 41.3 Å². The van der Waals surface area contributed by atoms with Crippen molar-refractivity contribution in [3.63, 3.8) is 0 Å². The summed E-state index contributed by atoms with van der Waals surface area (Å²) in [5.74, 6) is -0.679. The number of anilines is 1. The molecule has 6 nitrogen and oxygen atoms in total. The van der Waals surface area contributed by atoms with Crippen LogP contribution in [0.4, 0.5) is 5.69 Å². The summed E-state index contributed by atoms with van der Waals surface area (Å²) in [5, 5.41) is 22.0. The third-order valence-corrected chi connectivity index (χ3v) is 3.91. The number of aliphatic hydroxyl groups excluding tert-OH is 1. The average molecular weight is 390 g/mol. The Hall–Kier alpha value is -2.80. The number of allylic oxidation sites excluding steroid dienone is 3. The van der Waals surface area contributed by atoms with E-state index in [9.17, 15) is 15.0 Å². The minimum atomic E-state index is -0.901. The highest BCUT2D eigenvalue weighted by Crippen LogP contribution is 2.23. The van der Waals surface area contributed by atoms with E-state index in [-0.39, 0.29) is 5.76 Å². The Bertz CT molecular complexity index is 714. The molecule has 7 heteroatoms. The molecule has 0 amide bonds. The number of aromatic carboxylic acids is 1. The molecule has 0 unspecified atom stereocenters. The van der Waals surface area contributed by atoms with Gasteiger partial charge in [0.1, 0.15) is 5.76 Å². The van der Waals surface area contributed by atoms with Gasteiger partial charge in [-0.25, -0.2) is 4.79 Å². The van der Waals surface area contributed by atoms with Gasteiger partial charge in [0.2, 0.25) is 0 Å². The zero-order chi connectivity index (χ0) is 20.1. The highest BCUT2D eigenvalue weighted by Gasteiger charge is 2.13. The van der Waals surface area contributed by atoms with Crippen molar-refractivity contribution < 1.29 is 15.0 Å². The predicted molar refractivity (Wildman–Crippen MR) is 114 cm³/mol. The third kappa shape index (κ3) is 7.96. The van der Waals surface area contributed by atoms with Gasteiger partial charge in [0, 0.05) is 25.3 Å². The molecular formula is C20H27N3O3S. The SMILES string of the molecule is CCc1cc(C(=O)O)ccc1N1CC\C=C/C(O)=C\C=C\NCC1.NC=S. The Labute approximate surface area is 165 Å². The maximum absolute atomic E-state index is 11.2. The molecule has 0 aromatic heterocycles. The van der Waals surface area contributed by atoms with Gasteiger partial charge < -0.3 is 26.2 Å². The van der Waals surface area contributed by atoms with Crippen LogP contribution in [0.15, 0.2) is 54.5 Å². The highest BCUT2D eigenvalue weighted by molar-refractivity contribution is 7.78. The van der Waals surface area contributed by atoms with Crippen LogP contribution in [0.2, 0.25) is 0 Å². The van der Waals surface area contributed by atoms with Gasteiger partial charge in [0.25, 0.3) is 0 Å². The summed E-state index contributed by atoms with van der Waals surface area (Å²) < 4.78 is 0. The summed E-state index contributed by atoms with van der Waals surface area (Å²) in [5.41, 5.74) is 8.04. The van der Waals surface area contributed by atoms with Gasteiger partial charge in [-0.05, 0) is 61.0 Å². The summed E-state index contributed by atoms with van der Waals surface area (Å²) in [6.45, 7) is 4.41. The molecular weight excluding hydrogens is 362 g/mol. The molecule has 0 saturated carbocycles. The van der Waals surface area contributed by atoms with Gasteiger partial charge in [-0.3, -0.25) is 0 Å². The number of carboxylic acids is 1. The molecule has 146 valence electrons. The maximum Gasteiger partial charge on any atom is 0.335 e. The number of aliphatic hydroxyl groups is 1. The van der Waals surface area contributed by atoms with Gasteiger partial charge in [0.15, 0.2) is 0 Å². The van der Waals surface area contributed by atoms with E-state index in [4.69, 9.17) is 0 Å². The van der Waals surface area contributed by atoms with Crippen molar-refractivity contribution >= 4 is 29.4 Å². The highest BCUT2D eigenvalue weighted by atomic mass is 32.1. The largest absolute Gasteiger partial charge is 0.508 e. The summed E-state index contributed by atoms with van der Waals surface area (Å²) in [7, 11) is 0. The topological polar surface area (TPSA) is 98.8 Å². The first-order valence-electron chi connectivity index (χ1n) is 8.75. The number of carboxylic acid groups (broad SMARTS) is 1. The average Bonchev–Trinajstić information content (AvgIpc) is 2.65. The zero-order valence-corrected chi connectivity index (χ0v) is 16.3. The smallest absolute Gasteiger partial charge is 0.335 e. The number of hydrogen-bond acceptors (Lipinski definition) is 5. The number of nitrogens with two attached hydrogens (primary N) is 1. The van der Waals surface area contributed by atoms with Crippen molar-refractivity contribution in [2.24, 2.45) is 5.73 Å². The third-order valence-electron chi connectivity index (χ3n) is 3.91. The molecule has 1 heterocycles. The number of thiocarbonyl (C=S) groups is 1. The summed E-state index contributed by atoms with van der Waals surface area (Å²) in [6.07, 6.45) is 10.4. The molecule has 0 radical (unpaired) electrons. The lowest BCUT2D eigenvalue weighted by Crippen LogP contribution is -2.32. The van der Waals surface area contributed by atoms with E-state index in [1.165, 1.54) is 0 Å². The Balaban J connectivity index is 0.00000114. The van der Waals surface area contributed by atoms with E-state index in [0.29, 0.717) is 5.56 Å². The fraction of sp³-hybridized carbons (Fsp3) is 0.300. The molecule has 5 N–H and O–H groups in total. The van der Waals surface area contributed by atoms with Crippen molar-refractivity contribution in [2.45, 2.75) is 19.8 Å². The lowest BCUT2D eigenvalue weighted by molar-refractivity contribution is 0.0697. The second-order valence-electron chi connectivity index (χ2n) is 5.72. The molecule has 0 fully saturated rings. The van der Waals surface area contributed by atoms with Crippen molar-refractivity contribution in [2.75, 3.05) is 24.5 Å². The van der Waals surface area contributed by atoms with E-state index < -0.39 is 5.97 Å². The van der Waals surface area contributed by atoms with Crippen molar-refractivity contribution in [3.05, 3.63) is 65.6 Å². The standard InChI is InChI=1S/C19H24N2O3.CH3NS/c1-2-15-14-16(19(23)24)8-9-18(15)21-12-4-3-6-17(22)7-5-10-20-11-13-21;2-1-3/h3,5-10,14,20,22H,2,4,11-13H2,1H3,(H,23,24);1H,(H2,2,3)/b6-3-,10-5+,17-7+;. The number of aryl methyl sites for hydroxylation is 1. The van der Waals surface area contributed by atoms with Crippen LogP contribution in [-0.2, 0) is 6.42 Å². The molecule has 0 bridgehead atoms. The number of benzene rings is 1. The van der Waals surface area contributed by atoms with Crippen LogP contribution >= 0.6 is 12.2 Å². The molecule has 0 aliphatic carbocycles. The number of nitrogens with zero attached hydrogens (tertiary/aromatic N) is 1. The Morgan fingerprint density at radius 2 is 2.15 bits per heavy atom. The maximum atomic E-state index is 11.2. The van der Waals surface area contributed by atoms with E-state index >= 15 is 0 Å². The Morgan fingerprint density at radius 1 is 1.41 bits per heavy atom. The molecule has 27 heavy (non-hydrogen) atoms. The molecule has 0 spiro atoms. The quantitative estimate of drug-likeness (QED) is 0.589. The second-order valence-corrected chi connectivity index (χ2v) is 5.99. The minimum absolute atomic E-state index is 0.222. The Kier molecular flexibility index (Phi) is 10.3. The van der Waals surface area contributed by atoms with Crippen LogP contribution in [0.5, 0.6) is 0 Å². The second kappa shape index (κ2) is 12.5. The van der Waals surface area contributed by atoms with Gasteiger partial charge in [-0.1, -0.05) is 25.2 Å². The molecule has 1 aliphatic rings. The first kappa shape index (κ1) is 22.2. The summed E-state index contributed by atoms with van der Waals surface area (Å²) in [6, 6.07) is 5.31. The number of rotatable bonds is 3. The summed E-state index contributed by atoms with van der Waals surface area (Å²) >= 11 is 4.05. The Morgan fingerprint density at radius 3 is 2.81 bits per heavy atom. The molecule has 0 atom stereocenters. The fourth-order valence-corrected chi connectivity index (χ4v) is 2.65. The molecule has 1 aromatic carbocycles. The van der Waals surface area contributed by atoms with Crippen LogP contribution < -0.4 is 16.0 Å². The fourth-order valence-electron chi connectivity index (χ4n) is 2.65. The van der Waals surface area contributed by atoms with E-state index in [1.807, 2.05) is 19.1 Å². The van der Waals surface area contributed by atoms with Crippen LogP contribution in [0.25, 0.3) is 0 Å². The lowest BCUT2D eigenvalue weighted by Gasteiger charge is -2.27. The van der Waals surface area contributed by atoms with E-state index in [1.54, 1.807) is 36.6 Å². The van der Waals surface area contributed by atoms with Gasteiger partial charge in [-0.2, -0.15) is 0 Å². The van der Waals surface area contributed by atoms with Gasteiger partial charge in [-0.15, -0.1) is 0 Å².